The third-order valence-electron chi connectivity index (χ3n) is 4.67. The zero-order valence-electron chi connectivity index (χ0n) is 14.7. The van der Waals surface area contributed by atoms with Crippen molar-refractivity contribution in [1.29, 1.82) is 0 Å². The van der Waals surface area contributed by atoms with Gasteiger partial charge in [-0.3, -0.25) is 14.7 Å². The molecule has 1 amide bonds. The van der Waals surface area contributed by atoms with Crippen LogP contribution in [0.15, 0.2) is 42.7 Å². The summed E-state index contributed by atoms with van der Waals surface area (Å²) in [4.78, 5) is 23.7. The molecular formula is C20H21N3O2S. The first kappa shape index (κ1) is 17.0. The van der Waals surface area contributed by atoms with E-state index in [4.69, 9.17) is 9.72 Å². The first-order chi connectivity index (χ1) is 12.7. The highest BCUT2D eigenvalue weighted by molar-refractivity contribution is 7.22. The van der Waals surface area contributed by atoms with Crippen LogP contribution in [0.1, 0.15) is 31.7 Å². The van der Waals surface area contributed by atoms with Crippen molar-refractivity contribution < 1.29 is 9.53 Å². The van der Waals surface area contributed by atoms with Crippen LogP contribution in [0.2, 0.25) is 0 Å². The van der Waals surface area contributed by atoms with Crippen molar-refractivity contribution in [2.45, 2.75) is 32.7 Å². The molecule has 4 rings (SSSR count). The number of amides is 1. The summed E-state index contributed by atoms with van der Waals surface area (Å²) in [5.74, 6) is 1.13. The quantitative estimate of drug-likeness (QED) is 0.647. The number of ether oxygens (including phenoxy) is 1. The van der Waals surface area contributed by atoms with Crippen LogP contribution in [0, 0.1) is 5.92 Å². The van der Waals surface area contributed by atoms with Crippen LogP contribution < -0.4 is 9.64 Å². The van der Waals surface area contributed by atoms with Crippen LogP contribution in [-0.2, 0) is 11.3 Å². The first-order valence-corrected chi connectivity index (χ1v) is 9.80. The van der Waals surface area contributed by atoms with E-state index in [1.165, 1.54) is 11.3 Å². The molecule has 1 aromatic carbocycles. The van der Waals surface area contributed by atoms with E-state index in [1.54, 1.807) is 6.20 Å². The Morgan fingerprint density at radius 1 is 1.35 bits per heavy atom. The lowest BCUT2D eigenvalue weighted by atomic mass is 9.84. The maximum Gasteiger partial charge on any atom is 0.232 e. The molecule has 0 saturated heterocycles. The maximum absolute atomic E-state index is 13.0. The lowest BCUT2D eigenvalue weighted by molar-refractivity contribution is -0.124. The number of pyridine rings is 1. The molecule has 5 nitrogen and oxygen atoms in total. The smallest absolute Gasteiger partial charge is 0.232 e. The maximum atomic E-state index is 13.0. The number of hydrogen-bond acceptors (Lipinski definition) is 5. The number of thiazole rings is 1. The third kappa shape index (κ3) is 3.42. The number of nitrogens with zero attached hydrogens (tertiary/aromatic N) is 3. The van der Waals surface area contributed by atoms with Gasteiger partial charge in [-0.15, -0.1) is 0 Å². The normalized spacial score (nSPS) is 14.2. The summed E-state index contributed by atoms with van der Waals surface area (Å²) in [5, 5.41) is 0.745. The Kier molecular flexibility index (Phi) is 4.84. The summed E-state index contributed by atoms with van der Waals surface area (Å²) < 4.78 is 6.61. The van der Waals surface area contributed by atoms with Crippen molar-refractivity contribution in [1.82, 2.24) is 9.97 Å². The molecule has 0 radical (unpaired) electrons. The van der Waals surface area contributed by atoms with Crippen molar-refractivity contribution in [3.05, 3.63) is 48.3 Å². The molecule has 1 aliphatic rings. The predicted molar refractivity (Wildman–Crippen MR) is 104 cm³/mol. The second-order valence-corrected chi connectivity index (χ2v) is 7.48. The monoisotopic (exact) mass is 367 g/mol. The Balaban J connectivity index is 1.68. The van der Waals surface area contributed by atoms with E-state index < -0.39 is 0 Å². The number of benzene rings is 1. The van der Waals surface area contributed by atoms with E-state index in [1.807, 2.05) is 48.4 Å². The molecule has 0 aliphatic heterocycles. The Morgan fingerprint density at radius 2 is 2.23 bits per heavy atom. The number of aromatic nitrogens is 2. The minimum atomic E-state index is 0.123. The van der Waals surface area contributed by atoms with E-state index in [9.17, 15) is 4.79 Å². The van der Waals surface area contributed by atoms with Crippen molar-refractivity contribution in [2.75, 3.05) is 11.5 Å². The molecule has 1 aliphatic carbocycles. The molecule has 0 spiro atoms. The van der Waals surface area contributed by atoms with Gasteiger partial charge in [-0.1, -0.05) is 23.8 Å². The Labute approximate surface area is 156 Å². The van der Waals surface area contributed by atoms with E-state index in [0.717, 1.165) is 45.9 Å². The summed E-state index contributed by atoms with van der Waals surface area (Å²) in [5.41, 5.74) is 1.90. The summed E-state index contributed by atoms with van der Waals surface area (Å²) in [6, 6.07) is 9.77. The molecule has 26 heavy (non-hydrogen) atoms. The van der Waals surface area contributed by atoms with E-state index in [2.05, 4.69) is 4.98 Å². The zero-order valence-corrected chi connectivity index (χ0v) is 15.5. The van der Waals surface area contributed by atoms with Gasteiger partial charge in [0.25, 0.3) is 0 Å². The lowest BCUT2D eigenvalue weighted by Crippen LogP contribution is -2.38. The van der Waals surface area contributed by atoms with Crippen molar-refractivity contribution in [2.24, 2.45) is 5.92 Å². The van der Waals surface area contributed by atoms with Crippen molar-refractivity contribution in [3.8, 4) is 5.75 Å². The first-order valence-electron chi connectivity index (χ1n) is 8.98. The Morgan fingerprint density at radius 3 is 2.92 bits per heavy atom. The van der Waals surface area contributed by atoms with Crippen LogP contribution in [-0.4, -0.2) is 22.5 Å². The highest BCUT2D eigenvalue weighted by Crippen LogP contribution is 2.35. The zero-order chi connectivity index (χ0) is 17.9. The average Bonchev–Trinajstić information content (AvgIpc) is 3.02. The third-order valence-corrected chi connectivity index (χ3v) is 5.72. The van der Waals surface area contributed by atoms with Crippen LogP contribution in [0.3, 0.4) is 0 Å². The summed E-state index contributed by atoms with van der Waals surface area (Å²) >= 11 is 1.54. The highest BCUT2D eigenvalue weighted by Gasteiger charge is 2.31. The van der Waals surface area contributed by atoms with Crippen LogP contribution in [0.5, 0.6) is 5.75 Å². The molecule has 0 unspecified atom stereocenters. The number of anilines is 1. The van der Waals surface area contributed by atoms with E-state index >= 15 is 0 Å². The fourth-order valence-electron chi connectivity index (χ4n) is 3.05. The van der Waals surface area contributed by atoms with Gasteiger partial charge in [0.05, 0.1) is 23.4 Å². The van der Waals surface area contributed by atoms with Gasteiger partial charge in [0.15, 0.2) is 5.13 Å². The molecule has 3 aromatic rings. The minimum absolute atomic E-state index is 0.123. The fourth-order valence-corrected chi connectivity index (χ4v) is 4.05. The fraction of sp³-hybridized carbons (Fsp3) is 0.350. The van der Waals surface area contributed by atoms with Crippen LogP contribution in [0.25, 0.3) is 10.2 Å². The van der Waals surface area contributed by atoms with Gasteiger partial charge in [0.1, 0.15) is 5.75 Å². The molecule has 2 heterocycles. The number of fused-ring (bicyclic) bond motifs is 1. The average molecular weight is 367 g/mol. The van der Waals surface area contributed by atoms with Gasteiger partial charge in [0, 0.05) is 18.3 Å². The number of rotatable bonds is 6. The van der Waals surface area contributed by atoms with Gasteiger partial charge in [-0.25, -0.2) is 4.98 Å². The second kappa shape index (κ2) is 7.41. The molecule has 0 atom stereocenters. The van der Waals surface area contributed by atoms with Gasteiger partial charge < -0.3 is 4.74 Å². The molecule has 134 valence electrons. The molecule has 1 fully saturated rings. The second-order valence-electron chi connectivity index (χ2n) is 6.47. The SMILES string of the molecule is CCOc1ccc2nc(N(Cc3cccnc3)C(=O)C3CCC3)sc2c1. The largest absolute Gasteiger partial charge is 0.494 e. The molecule has 2 aromatic heterocycles. The van der Waals surface area contributed by atoms with Crippen LogP contribution in [0.4, 0.5) is 5.13 Å². The summed E-state index contributed by atoms with van der Waals surface area (Å²) in [6.45, 7) is 3.10. The van der Waals surface area contributed by atoms with Gasteiger partial charge in [0.2, 0.25) is 5.91 Å². The summed E-state index contributed by atoms with van der Waals surface area (Å²) in [6.07, 6.45) is 6.63. The van der Waals surface area contributed by atoms with Crippen molar-refractivity contribution in [3.63, 3.8) is 0 Å². The Bertz CT molecular complexity index is 906. The van der Waals surface area contributed by atoms with Gasteiger partial charge in [-0.2, -0.15) is 0 Å². The number of hydrogen-bond donors (Lipinski definition) is 0. The van der Waals surface area contributed by atoms with Crippen LogP contribution >= 0.6 is 11.3 Å². The van der Waals surface area contributed by atoms with E-state index in [0.29, 0.717) is 13.2 Å². The van der Waals surface area contributed by atoms with Gasteiger partial charge >= 0.3 is 0 Å². The topological polar surface area (TPSA) is 55.3 Å². The van der Waals surface area contributed by atoms with E-state index in [-0.39, 0.29) is 11.8 Å². The molecular weight excluding hydrogens is 346 g/mol. The van der Waals surface area contributed by atoms with Gasteiger partial charge in [-0.05, 0) is 49.6 Å². The molecule has 1 saturated carbocycles. The molecule has 0 N–H and O–H groups in total. The standard InChI is InChI=1S/C20H21N3O2S/c1-2-25-16-8-9-17-18(11-16)26-20(22-17)23(19(24)15-6-3-7-15)13-14-5-4-10-21-12-14/h4-5,8-12,15H,2-3,6-7,13H2,1H3. The van der Waals surface area contributed by atoms with Crippen molar-refractivity contribution >= 4 is 32.6 Å². The predicted octanol–water partition coefficient (Wildman–Crippen LogP) is 4.42. The number of carbonyl (C=O) groups excluding carboxylic acids is 1. The Hall–Kier alpha value is -2.47. The minimum Gasteiger partial charge on any atom is -0.494 e. The summed E-state index contributed by atoms with van der Waals surface area (Å²) in [7, 11) is 0. The number of carbonyl (C=O) groups is 1. The molecule has 0 bridgehead atoms. The molecule has 6 heteroatoms. The highest BCUT2D eigenvalue weighted by atomic mass is 32.1. The lowest BCUT2D eigenvalue weighted by Gasteiger charge is -2.30.